The van der Waals surface area contributed by atoms with Crippen molar-refractivity contribution < 1.29 is 4.79 Å². The van der Waals surface area contributed by atoms with Crippen molar-refractivity contribution in [2.45, 2.75) is 70.4 Å². The lowest BCUT2D eigenvalue weighted by Crippen LogP contribution is -2.47. The maximum Gasteiger partial charge on any atom is 0.239 e. The Bertz CT molecular complexity index is 261. The second-order valence-electron chi connectivity index (χ2n) is 5.68. The summed E-state index contributed by atoms with van der Waals surface area (Å²) in [7, 11) is 0. The quantitative estimate of drug-likeness (QED) is 0.817. The molecule has 0 aromatic heterocycles. The highest BCUT2D eigenvalue weighted by Crippen LogP contribution is 2.35. The third-order valence-electron chi connectivity index (χ3n) is 4.44. The Morgan fingerprint density at radius 1 is 1.29 bits per heavy atom. The van der Waals surface area contributed by atoms with Crippen molar-refractivity contribution in [3.8, 4) is 0 Å². The molecule has 2 N–H and O–H groups in total. The normalized spacial score (nSPS) is 27.6. The lowest BCUT2D eigenvalue weighted by atomic mass is 9.95. The van der Waals surface area contributed by atoms with E-state index in [-0.39, 0.29) is 11.9 Å². The van der Waals surface area contributed by atoms with E-state index in [9.17, 15) is 4.79 Å². The fourth-order valence-corrected chi connectivity index (χ4v) is 3.55. The monoisotopic (exact) mass is 238 g/mol. The number of hydrogen-bond donors (Lipinski definition) is 1. The van der Waals surface area contributed by atoms with E-state index in [1.54, 1.807) is 0 Å². The van der Waals surface area contributed by atoms with E-state index in [2.05, 4.69) is 11.8 Å². The Labute approximate surface area is 105 Å². The molecule has 2 aliphatic rings. The number of rotatable bonds is 4. The van der Waals surface area contributed by atoms with Gasteiger partial charge >= 0.3 is 0 Å². The number of likely N-dealkylation sites (tertiary alicyclic amines) is 1. The van der Waals surface area contributed by atoms with E-state index in [1.807, 2.05) is 0 Å². The zero-order valence-electron chi connectivity index (χ0n) is 11.0. The predicted octanol–water partition coefficient (Wildman–Crippen LogP) is 2.29. The van der Waals surface area contributed by atoms with Crippen LogP contribution in [0.15, 0.2) is 0 Å². The van der Waals surface area contributed by atoms with Crippen LogP contribution >= 0.6 is 0 Å². The largest absolute Gasteiger partial charge is 0.338 e. The second-order valence-corrected chi connectivity index (χ2v) is 5.68. The van der Waals surface area contributed by atoms with Crippen molar-refractivity contribution in [1.29, 1.82) is 0 Å². The smallest absolute Gasteiger partial charge is 0.239 e. The molecule has 1 aliphatic carbocycles. The van der Waals surface area contributed by atoms with Gasteiger partial charge in [-0.3, -0.25) is 4.79 Å². The van der Waals surface area contributed by atoms with Gasteiger partial charge in [0.1, 0.15) is 0 Å². The maximum atomic E-state index is 12.3. The lowest BCUT2D eigenvalue weighted by molar-refractivity contribution is -0.134. The van der Waals surface area contributed by atoms with Crippen LogP contribution in [0, 0.1) is 5.92 Å². The third-order valence-corrected chi connectivity index (χ3v) is 4.44. The van der Waals surface area contributed by atoms with Gasteiger partial charge in [-0.1, -0.05) is 26.2 Å². The Kier molecular flexibility index (Phi) is 4.43. The van der Waals surface area contributed by atoms with Gasteiger partial charge < -0.3 is 10.6 Å². The van der Waals surface area contributed by atoms with Crippen molar-refractivity contribution in [3.05, 3.63) is 0 Å². The summed E-state index contributed by atoms with van der Waals surface area (Å²) >= 11 is 0. The highest BCUT2D eigenvalue weighted by molar-refractivity contribution is 5.82. The predicted molar refractivity (Wildman–Crippen MR) is 69.6 cm³/mol. The lowest BCUT2D eigenvalue weighted by Gasteiger charge is -2.31. The van der Waals surface area contributed by atoms with Crippen LogP contribution in [0.4, 0.5) is 0 Å². The van der Waals surface area contributed by atoms with Crippen LogP contribution in [0.1, 0.15) is 58.3 Å². The molecule has 1 amide bonds. The van der Waals surface area contributed by atoms with Gasteiger partial charge in [-0.2, -0.15) is 0 Å². The first-order chi connectivity index (χ1) is 8.24. The van der Waals surface area contributed by atoms with Crippen LogP contribution in [-0.2, 0) is 4.79 Å². The molecule has 2 rings (SSSR count). The van der Waals surface area contributed by atoms with Gasteiger partial charge in [0, 0.05) is 12.6 Å². The minimum Gasteiger partial charge on any atom is -0.338 e. The molecule has 3 heteroatoms. The van der Waals surface area contributed by atoms with Crippen LogP contribution < -0.4 is 5.73 Å². The molecule has 1 saturated carbocycles. The Hall–Kier alpha value is -0.570. The summed E-state index contributed by atoms with van der Waals surface area (Å²) in [6.45, 7) is 3.03. The van der Waals surface area contributed by atoms with E-state index in [0.29, 0.717) is 6.04 Å². The molecule has 98 valence electrons. The van der Waals surface area contributed by atoms with E-state index in [4.69, 9.17) is 5.73 Å². The number of nitrogens with zero attached hydrogens (tertiary/aromatic N) is 1. The summed E-state index contributed by atoms with van der Waals surface area (Å²) in [6, 6.07) is 0.245. The molecule has 2 atom stereocenters. The number of carbonyl (C=O) groups excluding carboxylic acids is 1. The van der Waals surface area contributed by atoms with Gasteiger partial charge in [0.05, 0.1) is 6.04 Å². The average molecular weight is 238 g/mol. The molecule has 3 nitrogen and oxygen atoms in total. The Morgan fingerprint density at radius 3 is 2.65 bits per heavy atom. The molecule has 0 aromatic carbocycles. The highest BCUT2D eigenvalue weighted by atomic mass is 16.2. The minimum atomic E-state index is -0.262. The number of carbonyl (C=O) groups is 1. The standard InChI is InChI=1S/C14H26N2O/c1-2-6-12(15)14(17)16-10-5-9-13(16)11-7-3-4-8-11/h11-13H,2-10,15H2,1H3. The molecule has 0 bridgehead atoms. The van der Waals surface area contributed by atoms with Crippen LogP contribution in [0.5, 0.6) is 0 Å². The van der Waals surface area contributed by atoms with Crippen LogP contribution in [-0.4, -0.2) is 29.4 Å². The van der Waals surface area contributed by atoms with E-state index in [1.165, 1.54) is 38.5 Å². The highest BCUT2D eigenvalue weighted by Gasteiger charge is 2.37. The number of hydrogen-bond acceptors (Lipinski definition) is 2. The fourth-order valence-electron chi connectivity index (χ4n) is 3.55. The molecule has 0 radical (unpaired) electrons. The first kappa shape index (κ1) is 12.9. The van der Waals surface area contributed by atoms with Crippen molar-refractivity contribution in [2.75, 3.05) is 6.54 Å². The van der Waals surface area contributed by atoms with Crippen molar-refractivity contribution >= 4 is 5.91 Å². The summed E-state index contributed by atoms with van der Waals surface area (Å²) in [4.78, 5) is 14.4. The number of amides is 1. The first-order valence-corrected chi connectivity index (χ1v) is 7.30. The van der Waals surface area contributed by atoms with E-state index < -0.39 is 0 Å². The molecule has 2 fully saturated rings. The topological polar surface area (TPSA) is 46.3 Å². The second kappa shape index (κ2) is 5.85. The minimum absolute atomic E-state index is 0.209. The van der Waals surface area contributed by atoms with Gasteiger partial charge in [-0.05, 0) is 38.0 Å². The van der Waals surface area contributed by atoms with Gasteiger partial charge in [-0.15, -0.1) is 0 Å². The summed E-state index contributed by atoms with van der Waals surface area (Å²) in [5, 5.41) is 0. The zero-order valence-corrected chi connectivity index (χ0v) is 11.0. The van der Waals surface area contributed by atoms with E-state index in [0.717, 1.165) is 25.3 Å². The van der Waals surface area contributed by atoms with Gasteiger partial charge in [0.2, 0.25) is 5.91 Å². The van der Waals surface area contributed by atoms with Crippen molar-refractivity contribution in [3.63, 3.8) is 0 Å². The molecular weight excluding hydrogens is 212 g/mol. The molecule has 0 aromatic rings. The molecule has 0 spiro atoms. The van der Waals surface area contributed by atoms with Crippen LogP contribution in [0.2, 0.25) is 0 Å². The summed E-state index contributed by atoms with van der Waals surface area (Å²) in [5.41, 5.74) is 5.98. The van der Waals surface area contributed by atoms with Gasteiger partial charge in [-0.25, -0.2) is 0 Å². The molecule has 1 aliphatic heterocycles. The van der Waals surface area contributed by atoms with E-state index >= 15 is 0 Å². The molecule has 1 saturated heterocycles. The SMILES string of the molecule is CCCC(N)C(=O)N1CCCC1C1CCCC1. The summed E-state index contributed by atoms with van der Waals surface area (Å²) in [6.07, 6.45) is 9.53. The molecular formula is C14H26N2O. The fraction of sp³-hybridized carbons (Fsp3) is 0.929. The zero-order chi connectivity index (χ0) is 12.3. The Balaban J connectivity index is 1.96. The van der Waals surface area contributed by atoms with Crippen molar-refractivity contribution in [1.82, 2.24) is 4.90 Å². The summed E-state index contributed by atoms with van der Waals surface area (Å²) in [5.74, 6) is 0.969. The van der Waals surface area contributed by atoms with Gasteiger partial charge in [0.15, 0.2) is 0 Å². The average Bonchev–Trinajstić information content (AvgIpc) is 2.98. The molecule has 1 heterocycles. The Morgan fingerprint density at radius 2 is 2.00 bits per heavy atom. The molecule has 2 unspecified atom stereocenters. The number of nitrogens with two attached hydrogens (primary N) is 1. The maximum absolute atomic E-state index is 12.3. The van der Waals surface area contributed by atoms with Gasteiger partial charge in [0.25, 0.3) is 0 Å². The molecule has 17 heavy (non-hydrogen) atoms. The van der Waals surface area contributed by atoms with Crippen molar-refractivity contribution in [2.24, 2.45) is 11.7 Å². The third kappa shape index (κ3) is 2.82. The van der Waals surface area contributed by atoms with Crippen LogP contribution in [0.25, 0.3) is 0 Å². The summed E-state index contributed by atoms with van der Waals surface area (Å²) < 4.78 is 0. The first-order valence-electron chi connectivity index (χ1n) is 7.30. The van der Waals surface area contributed by atoms with Crippen LogP contribution in [0.3, 0.4) is 0 Å².